The minimum Gasteiger partial charge on any atom is -0.329 e. The lowest BCUT2D eigenvalue weighted by Gasteiger charge is -2.47. The first kappa shape index (κ1) is 16.5. The van der Waals surface area contributed by atoms with Gasteiger partial charge in [0.2, 0.25) is 0 Å². The van der Waals surface area contributed by atoms with Gasteiger partial charge in [0.15, 0.2) is 0 Å². The summed E-state index contributed by atoms with van der Waals surface area (Å²) in [6.07, 6.45) is 10.6. The van der Waals surface area contributed by atoms with Crippen molar-refractivity contribution in [1.29, 1.82) is 0 Å². The average molecular weight is 292 g/mol. The van der Waals surface area contributed by atoms with Crippen molar-refractivity contribution in [2.75, 3.05) is 13.6 Å². The van der Waals surface area contributed by atoms with Crippen LogP contribution in [0.2, 0.25) is 0 Å². The Balaban J connectivity index is 2.04. The van der Waals surface area contributed by atoms with Crippen molar-refractivity contribution in [2.24, 2.45) is 24.6 Å². The van der Waals surface area contributed by atoms with Gasteiger partial charge in [-0.15, -0.1) is 0 Å². The van der Waals surface area contributed by atoms with E-state index >= 15 is 0 Å². The molecule has 1 fully saturated rings. The van der Waals surface area contributed by atoms with Gasteiger partial charge in [0, 0.05) is 37.4 Å². The zero-order valence-electron chi connectivity index (χ0n) is 14.2. The van der Waals surface area contributed by atoms with E-state index in [1.165, 1.54) is 37.7 Å². The van der Waals surface area contributed by atoms with E-state index in [1.54, 1.807) is 0 Å². The van der Waals surface area contributed by atoms with Gasteiger partial charge in [-0.2, -0.15) is 5.10 Å². The van der Waals surface area contributed by atoms with Crippen LogP contribution in [0.15, 0.2) is 12.4 Å². The quantitative estimate of drug-likeness (QED) is 0.877. The second-order valence-corrected chi connectivity index (χ2v) is 7.40. The van der Waals surface area contributed by atoms with Gasteiger partial charge in [-0.05, 0) is 38.1 Å². The molecule has 2 unspecified atom stereocenters. The van der Waals surface area contributed by atoms with Crippen LogP contribution < -0.4 is 5.73 Å². The molecule has 1 aromatic heterocycles. The molecular weight excluding hydrogens is 260 g/mol. The number of aryl methyl sites for hydroxylation is 1. The molecule has 1 saturated carbocycles. The van der Waals surface area contributed by atoms with Crippen molar-refractivity contribution < 1.29 is 0 Å². The molecule has 0 aromatic carbocycles. The summed E-state index contributed by atoms with van der Waals surface area (Å²) in [4.78, 5) is 2.48. The molecule has 2 N–H and O–H groups in total. The monoisotopic (exact) mass is 292 g/mol. The van der Waals surface area contributed by atoms with Gasteiger partial charge in [0.25, 0.3) is 0 Å². The third-order valence-electron chi connectivity index (χ3n) is 5.10. The summed E-state index contributed by atoms with van der Waals surface area (Å²) in [6.45, 7) is 6.37. The molecule has 0 aliphatic heterocycles. The zero-order chi connectivity index (χ0) is 15.5. The third kappa shape index (κ3) is 4.07. The minimum absolute atomic E-state index is 0.174. The lowest BCUT2D eigenvalue weighted by atomic mass is 9.72. The van der Waals surface area contributed by atoms with Crippen molar-refractivity contribution in [3.63, 3.8) is 0 Å². The van der Waals surface area contributed by atoms with Gasteiger partial charge in [0.05, 0.1) is 6.20 Å². The predicted molar refractivity (Wildman–Crippen MR) is 87.9 cm³/mol. The second-order valence-electron chi connectivity index (χ2n) is 7.40. The van der Waals surface area contributed by atoms with Crippen LogP contribution in [0.4, 0.5) is 0 Å². The summed E-state index contributed by atoms with van der Waals surface area (Å²) in [5.74, 6) is 1.62. The fourth-order valence-electron chi connectivity index (χ4n) is 4.01. The lowest BCUT2D eigenvalue weighted by Crippen LogP contribution is -2.54. The van der Waals surface area contributed by atoms with E-state index in [9.17, 15) is 0 Å². The molecule has 0 bridgehead atoms. The maximum atomic E-state index is 6.23. The van der Waals surface area contributed by atoms with Crippen LogP contribution in [-0.4, -0.2) is 33.8 Å². The molecule has 1 aliphatic rings. The SMILES string of the molecule is CC(C)CC1CCCC(CN)(N(C)Cc2cnn(C)c2)C1. The first-order valence-corrected chi connectivity index (χ1v) is 8.34. The minimum atomic E-state index is 0.174. The molecule has 4 nitrogen and oxygen atoms in total. The van der Waals surface area contributed by atoms with Gasteiger partial charge in [-0.3, -0.25) is 9.58 Å². The Kier molecular flexibility index (Phi) is 5.44. The van der Waals surface area contributed by atoms with Crippen LogP contribution in [0.1, 0.15) is 51.5 Å². The molecule has 21 heavy (non-hydrogen) atoms. The molecule has 120 valence electrons. The molecule has 2 rings (SSSR count). The second kappa shape index (κ2) is 6.93. The highest BCUT2D eigenvalue weighted by Crippen LogP contribution is 2.39. The molecule has 0 amide bonds. The van der Waals surface area contributed by atoms with Crippen molar-refractivity contribution in [3.8, 4) is 0 Å². The Labute approximate surface area is 129 Å². The van der Waals surface area contributed by atoms with Crippen LogP contribution in [0.25, 0.3) is 0 Å². The maximum Gasteiger partial charge on any atom is 0.0534 e. The smallest absolute Gasteiger partial charge is 0.0534 e. The van der Waals surface area contributed by atoms with Crippen LogP contribution >= 0.6 is 0 Å². The standard InChI is InChI=1S/C17H32N4/c1-14(2)8-15-6-5-7-17(9-15,13-18)20(3)11-16-10-19-21(4)12-16/h10,12,14-15H,5-9,11,13,18H2,1-4H3. The molecule has 1 aromatic rings. The molecule has 0 saturated heterocycles. The normalized spacial score (nSPS) is 26.7. The Morgan fingerprint density at radius 2 is 2.29 bits per heavy atom. The summed E-state index contributed by atoms with van der Waals surface area (Å²) in [5.41, 5.74) is 7.68. The topological polar surface area (TPSA) is 47.1 Å². The first-order valence-electron chi connectivity index (χ1n) is 8.34. The maximum absolute atomic E-state index is 6.23. The van der Waals surface area contributed by atoms with Crippen molar-refractivity contribution in [1.82, 2.24) is 14.7 Å². The molecule has 1 aliphatic carbocycles. The molecule has 2 atom stereocenters. The van der Waals surface area contributed by atoms with Gasteiger partial charge in [-0.25, -0.2) is 0 Å². The number of hydrogen-bond donors (Lipinski definition) is 1. The predicted octanol–water partition coefficient (Wildman–Crippen LogP) is 2.79. The molecular formula is C17H32N4. The van der Waals surface area contributed by atoms with E-state index in [0.717, 1.165) is 24.9 Å². The fraction of sp³-hybridized carbons (Fsp3) is 0.824. The molecule has 4 heteroatoms. The van der Waals surface area contributed by atoms with E-state index < -0.39 is 0 Å². The summed E-state index contributed by atoms with van der Waals surface area (Å²) in [5, 5.41) is 4.28. The molecule has 0 radical (unpaired) electrons. The highest BCUT2D eigenvalue weighted by molar-refractivity contribution is 5.06. The van der Waals surface area contributed by atoms with Gasteiger partial charge in [-0.1, -0.05) is 26.7 Å². The largest absolute Gasteiger partial charge is 0.329 e. The number of nitrogens with zero attached hydrogens (tertiary/aromatic N) is 3. The zero-order valence-corrected chi connectivity index (χ0v) is 14.2. The van der Waals surface area contributed by atoms with E-state index in [-0.39, 0.29) is 5.54 Å². The van der Waals surface area contributed by atoms with Crippen LogP contribution in [0.5, 0.6) is 0 Å². The number of rotatable bonds is 6. The number of nitrogens with two attached hydrogens (primary N) is 1. The first-order chi connectivity index (χ1) is 9.95. The van der Waals surface area contributed by atoms with Gasteiger partial charge < -0.3 is 5.73 Å². The Morgan fingerprint density at radius 3 is 2.86 bits per heavy atom. The highest BCUT2D eigenvalue weighted by Gasteiger charge is 2.38. The molecule has 0 spiro atoms. The van der Waals surface area contributed by atoms with E-state index in [0.29, 0.717) is 0 Å². The summed E-state index contributed by atoms with van der Waals surface area (Å²) >= 11 is 0. The summed E-state index contributed by atoms with van der Waals surface area (Å²) in [7, 11) is 4.21. The van der Waals surface area contributed by atoms with E-state index in [2.05, 4.69) is 37.1 Å². The van der Waals surface area contributed by atoms with E-state index in [4.69, 9.17) is 5.73 Å². The van der Waals surface area contributed by atoms with Gasteiger partial charge >= 0.3 is 0 Å². The van der Waals surface area contributed by atoms with Crippen molar-refractivity contribution in [3.05, 3.63) is 18.0 Å². The van der Waals surface area contributed by atoms with Crippen LogP contribution in [-0.2, 0) is 13.6 Å². The highest BCUT2D eigenvalue weighted by atomic mass is 15.2. The number of aromatic nitrogens is 2. The fourth-order valence-corrected chi connectivity index (χ4v) is 4.01. The number of hydrogen-bond acceptors (Lipinski definition) is 3. The summed E-state index contributed by atoms with van der Waals surface area (Å²) in [6, 6.07) is 0. The Bertz CT molecular complexity index is 440. The van der Waals surface area contributed by atoms with Crippen molar-refractivity contribution in [2.45, 2.75) is 58.0 Å². The Hall–Kier alpha value is -0.870. The average Bonchev–Trinajstić information content (AvgIpc) is 2.83. The van der Waals surface area contributed by atoms with E-state index in [1.807, 2.05) is 17.9 Å². The number of likely N-dealkylation sites (N-methyl/N-ethyl adjacent to an activating group) is 1. The van der Waals surface area contributed by atoms with Crippen LogP contribution in [0, 0.1) is 11.8 Å². The molecule has 1 heterocycles. The lowest BCUT2D eigenvalue weighted by molar-refractivity contribution is 0.0462. The third-order valence-corrected chi connectivity index (χ3v) is 5.10. The Morgan fingerprint density at radius 1 is 1.52 bits per heavy atom. The van der Waals surface area contributed by atoms with Crippen molar-refractivity contribution >= 4 is 0 Å². The van der Waals surface area contributed by atoms with Gasteiger partial charge in [0.1, 0.15) is 0 Å². The summed E-state index contributed by atoms with van der Waals surface area (Å²) < 4.78 is 1.88. The van der Waals surface area contributed by atoms with Crippen LogP contribution in [0.3, 0.4) is 0 Å².